The van der Waals surface area contributed by atoms with Gasteiger partial charge in [0.25, 0.3) is 0 Å². The minimum Gasteiger partial charge on any atom is -0.494 e. The number of rotatable bonds is 7. The number of thioether (sulfide) groups is 1. The monoisotopic (exact) mass is 398 g/mol. The third-order valence-corrected chi connectivity index (χ3v) is 5.02. The van der Waals surface area contributed by atoms with E-state index in [4.69, 9.17) is 28.6 Å². The van der Waals surface area contributed by atoms with Crippen molar-refractivity contribution in [3.63, 3.8) is 0 Å². The lowest BCUT2D eigenvalue weighted by molar-refractivity contribution is 0.386. The van der Waals surface area contributed by atoms with Crippen LogP contribution in [-0.2, 0) is 0 Å². The van der Waals surface area contributed by atoms with Gasteiger partial charge in [0.15, 0.2) is 16.7 Å². The summed E-state index contributed by atoms with van der Waals surface area (Å²) in [6.45, 7) is 2.65. The van der Waals surface area contributed by atoms with Crippen LogP contribution in [-0.4, -0.2) is 24.5 Å². The summed E-state index contributed by atoms with van der Waals surface area (Å²) in [5, 5.41) is 7.59. The highest BCUT2D eigenvalue weighted by molar-refractivity contribution is 7.99. The SMILES string of the molecule is COc1ccc([C@@H](C)NC(=S)NCCSc2ccc(Cl)cc2)cc1F. The molecule has 134 valence electrons. The van der Waals surface area contributed by atoms with Gasteiger partial charge in [-0.3, -0.25) is 0 Å². The number of ether oxygens (including phenoxy) is 1. The standard InChI is InChI=1S/C18H20ClFN2OS2/c1-12(13-3-8-17(23-2)16(20)11-13)22-18(24)21-9-10-25-15-6-4-14(19)5-7-15/h3-8,11-12H,9-10H2,1-2H3,(H2,21,22,24)/t12-/m1/s1. The molecule has 0 amide bonds. The van der Waals surface area contributed by atoms with Gasteiger partial charge >= 0.3 is 0 Å². The molecule has 0 spiro atoms. The van der Waals surface area contributed by atoms with Gasteiger partial charge in [0, 0.05) is 22.2 Å². The molecule has 0 unspecified atom stereocenters. The third kappa shape index (κ3) is 6.38. The smallest absolute Gasteiger partial charge is 0.166 e. The van der Waals surface area contributed by atoms with Crippen molar-refractivity contribution in [1.82, 2.24) is 10.6 Å². The molecule has 7 heteroatoms. The summed E-state index contributed by atoms with van der Waals surface area (Å²) in [5.41, 5.74) is 0.804. The largest absolute Gasteiger partial charge is 0.494 e. The van der Waals surface area contributed by atoms with E-state index in [-0.39, 0.29) is 17.6 Å². The Morgan fingerprint density at radius 3 is 2.64 bits per heavy atom. The third-order valence-electron chi connectivity index (χ3n) is 3.49. The number of thiocarbonyl (C=S) groups is 1. The van der Waals surface area contributed by atoms with Crippen molar-refractivity contribution in [2.45, 2.75) is 17.9 Å². The molecule has 0 fully saturated rings. The summed E-state index contributed by atoms with van der Waals surface area (Å²) in [4.78, 5) is 1.16. The van der Waals surface area contributed by atoms with E-state index in [1.54, 1.807) is 17.8 Å². The Morgan fingerprint density at radius 2 is 2.00 bits per heavy atom. The minimum absolute atomic E-state index is 0.107. The maximum absolute atomic E-state index is 13.8. The molecule has 0 saturated carbocycles. The van der Waals surface area contributed by atoms with E-state index < -0.39 is 0 Å². The first-order valence-electron chi connectivity index (χ1n) is 7.75. The first kappa shape index (κ1) is 19.8. The van der Waals surface area contributed by atoms with Gasteiger partial charge in [-0.05, 0) is 61.1 Å². The van der Waals surface area contributed by atoms with E-state index in [2.05, 4.69) is 10.6 Å². The highest BCUT2D eigenvalue weighted by Gasteiger charge is 2.10. The molecular weight excluding hydrogens is 379 g/mol. The van der Waals surface area contributed by atoms with E-state index in [0.29, 0.717) is 5.11 Å². The zero-order valence-electron chi connectivity index (χ0n) is 14.0. The molecule has 0 bridgehead atoms. The predicted molar refractivity (Wildman–Crippen MR) is 107 cm³/mol. The lowest BCUT2D eigenvalue weighted by Crippen LogP contribution is -2.37. The van der Waals surface area contributed by atoms with Crippen molar-refractivity contribution in [2.75, 3.05) is 19.4 Å². The Hall–Kier alpha value is -1.50. The molecule has 2 aromatic rings. The van der Waals surface area contributed by atoms with Crippen molar-refractivity contribution < 1.29 is 9.13 Å². The first-order valence-corrected chi connectivity index (χ1v) is 9.53. The molecule has 0 aliphatic rings. The Labute approximate surface area is 162 Å². The molecular formula is C18H20ClFN2OS2. The van der Waals surface area contributed by atoms with E-state index in [0.717, 1.165) is 27.8 Å². The van der Waals surface area contributed by atoms with Gasteiger partial charge in [-0.15, -0.1) is 11.8 Å². The van der Waals surface area contributed by atoms with Crippen molar-refractivity contribution in [1.29, 1.82) is 0 Å². The van der Waals surface area contributed by atoms with Crippen LogP contribution >= 0.6 is 35.6 Å². The van der Waals surface area contributed by atoms with E-state index in [1.165, 1.54) is 13.2 Å². The second kappa shape index (κ2) is 9.85. The summed E-state index contributed by atoms with van der Waals surface area (Å²) in [6.07, 6.45) is 0. The summed E-state index contributed by atoms with van der Waals surface area (Å²) in [5.74, 6) is 0.720. The number of methoxy groups -OCH3 is 1. The second-order valence-corrected chi connectivity index (χ2v) is 7.33. The highest BCUT2D eigenvalue weighted by atomic mass is 35.5. The quantitative estimate of drug-likeness (QED) is 0.397. The van der Waals surface area contributed by atoms with Crippen LogP contribution in [0.5, 0.6) is 5.75 Å². The molecule has 0 saturated heterocycles. The molecule has 25 heavy (non-hydrogen) atoms. The molecule has 0 heterocycles. The maximum atomic E-state index is 13.8. The lowest BCUT2D eigenvalue weighted by Gasteiger charge is -2.18. The topological polar surface area (TPSA) is 33.3 Å². The zero-order valence-corrected chi connectivity index (χ0v) is 16.4. The predicted octanol–water partition coefficient (Wildman–Crippen LogP) is 4.81. The normalized spacial score (nSPS) is 11.7. The van der Waals surface area contributed by atoms with Crippen LogP contribution in [0.2, 0.25) is 5.02 Å². The van der Waals surface area contributed by atoms with Gasteiger partial charge in [0.05, 0.1) is 13.2 Å². The van der Waals surface area contributed by atoms with Crippen molar-refractivity contribution >= 4 is 40.7 Å². The summed E-state index contributed by atoms with van der Waals surface area (Å²) in [7, 11) is 1.45. The Morgan fingerprint density at radius 1 is 1.28 bits per heavy atom. The van der Waals surface area contributed by atoms with Gasteiger partial charge in [-0.1, -0.05) is 17.7 Å². The average Bonchev–Trinajstić information content (AvgIpc) is 2.60. The van der Waals surface area contributed by atoms with Crippen LogP contribution in [0.4, 0.5) is 4.39 Å². The minimum atomic E-state index is -0.383. The summed E-state index contributed by atoms with van der Waals surface area (Å²) < 4.78 is 18.7. The fraction of sp³-hybridized carbons (Fsp3) is 0.278. The average molecular weight is 399 g/mol. The van der Waals surface area contributed by atoms with Gasteiger partial charge < -0.3 is 15.4 Å². The van der Waals surface area contributed by atoms with Gasteiger partial charge in [-0.25, -0.2) is 4.39 Å². The van der Waals surface area contributed by atoms with Crippen LogP contribution in [0.25, 0.3) is 0 Å². The first-order chi connectivity index (χ1) is 12.0. The highest BCUT2D eigenvalue weighted by Crippen LogP contribution is 2.22. The van der Waals surface area contributed by atoms with Crippen molar-refractivity contribution in [3.8, 4) is 5.75 Å². The number of benzene rings is 2. The van der Waals surface area contributed by atoms with Crippen LogP contribution in [0.3, 0.4) is 0 Å². The molecule has 0 aliphatic carbocycles. The Bertz CT molecular complexity index is 713. The summed E-state index contributed by atoms with van der Waals surface area (Å²) in [6, 6.07) is 12.5. The van der Waals surface area contributed by atoms with Crippen LogP contribution in [0.1, 0.15) is 18.5 Å². The van der Waals surface area contributed by atoms with Gasteiger partial charge in [0.1, 0.15) is 0 Å². The number of hydrogen-bond acceptors (Lipinski definition) is 3. The van der Waals surface area contributed by atoms with Crippen molar-refractivity contribution in [3.05, 3.63) is 58.9 Å². The van der Waals surface area contributed by atoms with E-state index in [9.17, 15) is 4.39 Å². The maximum Gasteiger partial charge on any atom is 0.166 e. The molecule has 2 N–H and O–H groups in total. The van der Waals surface area contributed by atoms with Gasteiger partial charge in [0.2, 0.25) is 0 Å². The second-order valence-electron chi connectivity index (χ2n) is 5.32. The van der Waals surface area contributed by atoms with E-state index >= 15 is 0 Å². The van der Waals surface area contributed by atoms with Crippen molar-refractivity contribution in [2.24, 2.45) is 0 Å². The van der Waals surface area contributed by atoms with E-state index in [1.807, 2.05) is 37.3 Å². The lowest BCUT2D eigenvalue weighted by atomic mass is 10.1. The molecule has 2 aromatic carbocycles. The molecule has 3 nitrogen and oxygen atoms in total. The fourth-order valence-electron chi connectivity index (χ4n) is 2.15. The number of hydrogen-bond donors (Lipinski definition) is 2. The number of halogens is 2. The molecule has 0 aliphatic heterocycles. The zero-order chi connectivity index (χ0) is 18.2. The molecule has 1 atom stereocenters. The van der Waals surface area contributed by atoms with Crippen LogP contribution in [0.15, 0.2) is 47.4 Å². The van der Waals surface area contributed by atoms with Gasteiger partial charge in [-0.2, -0.15) is 0 Å². The Kier molecular flexibility index (Phi) is 7.81. The molecule has 0 aromatic heterocycles. The Balaban J connectivity index is 1.74. The molecule has 2 rings (SSSR count). The number of nitrogens with one attached hydrogen (secondary N) is 2. The molecule has 0 radical (unpaired) electrons. The summed E-state index contributed by atoms with van der Waals surface area (Å²) >= 11 is 12.9. The van der Waals surface area contributed by atoms with Crippen LogP contribution < -0.4 is 15.4 Å². The fourth-order valence-corrected chi connectivity index (χ4v) is 3.32. The van der Waals surface area contributed by atoms with Crippen LogP contribution in [0, 0.1) is 5.82 Å².